The zero-order valence-electron chi connectivity index (χ0n) is 5.78. The predicted octanol–water partition coefficient (Wildman–Crippen LogP) is 1.48. The summed E-state index contributed by atoms with van der Waals surface area (Å²) in [6, 6.07) is 6.74. The molecule has 0 heterocycles. The molecule has 0 radical (unpaired) electrons. The van der Waals surface area contributed by atoms with E-state index in [0.29, 0.717) is 17.6 Å². The van der Waals surface area contributed by atoms with Gasteiger partial charge in [0.05, 0.1) is 5.56 Å². The molecular weight excluding hydrogens is 142 g/mol. The summed E-state index contributed by atoms with van der Waals surface area (Å²) in [5, 5.41) is 6.65. The SMILES string of the molecule is N=COc1ccccc1C=O. The molecule has 1 rings (SSSR count). The zero-order valence-corrected chi connectivity index (χ0v) is 5.78. The quantitative estimate of drug-likeness (QED) is 0.402. The lowest BCUT2D eigenvalue weighted by molar-refractivity contribution is 0.112. The van der Waals surface area contributed by atoms with Crippen LogP contribution < -0.4 is 4.74 Å². The Balaban J connectivity index is 3.01. The fraction of sp³-hybridized carbons (Fsp3) is 0. The fourth-order valence-electron chi connectivity index (χ4n) is 0.749. The highest BCUT2D eigenvalue weighted by atomic mass is 16.5. The molecule has 56 valence electrons. The van der Waals surface area contributed by atoms with E-state index in [2.05, 4.69) is 0 Å². The fourth-order valence-corrected chi connectivity index (χ4v) is 0.749. The van der Waals surface area contributed by atoms with E-state index in [-0.39, 0.29) is 0 Å². The molecule has 0 amide bonds. The highest BCUT2D eigenvalue weighted by Crippen LogP contribution is 2.14. The Morgan fingerprint density at radius 1 is 1.36 bits per heavy atom. The molecule has 0 bridgehead atoms. The Morgan fingerprint density at radius 3 is 2.73 bits per heavy atom. The van der Waals surface area contributed by atoms with Crippen molar-refractivity contribution >= 4 is 12.7 Å². The highest BCUT2D eigenvalue weighted by Gasteiger charge is 1.97. The average molecular weight is 149 g/mol. The van der Waals surface area contributed by atoms with Gasteiger partial charge in [-0.25, -0.2) is 0 Å². The number of para-hydroxylation sites is 1. The third kappa shape index (κ3) is 1.64. The first kappa shape index (κ1) is 7.47. The maximum absolute atomic E-state index is 10.3. The zero-order chi connectivity index (χ0) is 8.10. The summed E-state index contributed by atoms with van der Waals surface area (Å²) in [4.78, 5) is 10.3. The number of carbonyl (C=O) groups excluding carboxylic acids is 1. The number of benzene rings is 1. The molecule has 3 nitrogen and oxygen atoms in total. The Hall–Kier alpha value is -1.64. The van der Waals surface area contributed by atoms with E-state index in [1.807, 2.05) is 0 Å². The van der Waals surface area contributed by atoms with Gasteiger partial charge in [-0.3, -0.25) is 10.2 Å². The van der Waals surface area contributed by atoms with Gasteiger partial charge in [0.25, 0.3) is 0 Å². The van der Waals surface area contributed by atoms with Crippen molar-refractivity contribution in [2.24, 2.45) is 0 Å². The lowest BCUT2D eigenvalue weighted by Gasteiger charge is -1.99. The van der Waals surface area contributed by atoms with Crippen LogP contribution in [-0.2, 0) is 0 Å². The Kier molecular flexibility index (Phi) is 2.38. The first-order valence-electron chi connectivity index (χ1n) is 3.08. The van der Waals surface area contributed by atoms with Gasteiger partial charge in [0, 0.05) is 0 Å². The van der Waals surface area contributed by atoms with Gasteiger partial charge in [-0.2, -0.15) is 0 Å². The van der Waals surface area contributed by atoms with E-state index >= 15 is 0 Å². The summed E-state index contributed by atoms with van der Waals surface area (Å²) in [5.41, 5.74) is 0.455. The van der Waals surface area contributed by atoms with Gasteiger partial charge >= 0.3 is 0 Å². The molecule has 0 atom stereocenters. The van der Waals surface area contributed by atoms with Crippen LogP contribution in [0.5, 0.6) is 5.75 Å². The number of hydrogen-bond donors (Lipinski definition) is 1. The number of carbonyl (C=O) groups is 1. The van der Waals surface area contributed by atoms with E-state index in [1.54, 1.807) is 24.3 Å². The molecule has 0 aliphatic rings. The van der Waals surface area contributed by atoms with Gasteiger partial charge in [0.1, 0.15) is 5.75 Å². The van der Waals surface area contributed by atoms with Crippen molar-refractivity contribution < 1.29 is 9.53 Å². The van der Waals surface area contributed by atoms with Crippen molar-refractivity contribution in [1.29, 1.82) is 5.41 Å². The van der Waals surface area contributed by atoms with E-state index in [1.165, 1.54) is 0 Å². The number of rotatable bonds is 3. The molecule has 0 unspecified atom stereocenters. The van der Waals surface area contributed by atoms with E-state index in [4.69, 9.17) is 10.1 Å². The molecule has 0 saturated heterocycles. The first-order valence-corrected chi connectivity index (χ1v) is 3.08. The second-order valence-corrected chi connectivity index (χ2v) is 1.89. The second-order valence-electron chi connectivity index (χ2n) is 1.89. The van der Waals surface area contributed by atoms with Gasteiger partial charge < -0.3 is 4.74 Å². The number of nitrogens with one attached hydrogen (secondary N) is 1. The van der Waals surface area contributed by atoms with Crippen molar-refractivity contribution in [2.75, 3.05) is 0 Å². The van der Waals surface area contributed by atoms with Crippen molar-refractivity contribution in [2.45, 2.75) is 0 Å². The molecule has 0 aliphatic carbocycles. The Morgan fingerprint density at radius 2 is 2.09 bits per heavy atom. The molecule has 3 heteroatoms. The lowest BCUT2D eigenvalue weighted by atomic mass is 10.2. The molecule has 0 aromatic heterocycles. The van der Waals surface area contributed by atoms with Gasteiger partial charge in [-0.05, 0) is 12.1 Å². The molecule has 1 N–H and O–H groups in total. The van der Waals surface area contributed by atoms with Gasteiger partial charge in [0.15, 0.2) is 12.7 Å². The summed E-state index contributed by atoms with van der Waals surface area (Å²) in [5.74, 6) is 0.414. The molecular formula is C8H7NO2. The van der Waals surface area contributed by atoms with Crippen LogP contribution in [0.25, 0.3) is 0 Å². The first-order chi connectivity index (χ1) is 5.38. The van der Waals surface area contributed by atoms with Crippen LogP contribution >= 0.6 is 0 Å². The molecule has 1 aromatic rings. The molecule has 1 aromatic carbocycles. The molecule has 11 heavy (non-hydrogen) atoms. The summed E-state index contributed by atoms with van der Waals surface area (Å²) in [6.45, 7) is 0. The smallest absolute Gasteiger partial charge is 0.173 e. The number of hydrogen-bond acceptors (Lipinski definition) is 3. The summed E-state index contributed by atoms with van der Waals surface area (Å²) in [7, 11) is 0. The monoisotopic (exact) mass is 149 g/mol. The number of aldehydes is 1. The predicted molar refractivity (Wildman–Crippen MR) is 41.2 cm³/mol. The summed E-state index contributed by atoms with van der Waals surface area (Å²) >= 11 is 0. The molecule has 0 spiro atoms. The Labute approximate surface area is 64.1 Å². The lowest BCUT2D eigenvalue weighted by Crippen LogP contribution is -1.91. The van der Waals surface area contributed by atoms with Gasteiger partial charge in [-0.1, -0.05) is 12.1 Å². The summed E-state index contributed by atoms with van der Waals surface area (Å²) in [6.07, 6.45) is 1.49. The van der Waals surface area contributed by atoms with Crippen LogP contribution in [0.1, 0.15) is 10.4 Å². The second kappa shape index (κ2) is 3.51. The maximum Gasteiger partial charge on any atom is 0.173 e. The largest absolute Gasteiger partial charge is 0.446 e. The maximum atomic E-state index is 10.3. The van der Waals surface area contributed by atoms with E-state index in [9.17, 15) is 4.79 Å². The van der Waals surface area contributed by atoms with Gasteiger partial charge in [-0.15, -0.1) is 0 Å². The van der Waals surface area contributed by atoms with Crippen LogP contribution in [0.2, 0.25) is 0 Å². The van der Waals surface area contributed by atoms with Crippen molar-refractivity contribution in [3.8, 4) is 5.75 Å². The van der Waals surface area contributed by atoms with Crippen molar-refractivity contribution in [1.82, 2.24) is 0 Å². The highest BCUT2D eigenvalue weighted by molar-refractivity contribution is 5.80. The van der Waals surface area contributed by atoms with Crippen LogP contribution in [0.15, 0.2) is 24.3 Å². The van der Waals surface area contributed by atoms with Gasteiger partial charge in [0.2, 0.25) is 0 Å². The average Bonchev–Trinajstić information content (AvgIpc) is 2.06. The van der Waals surface area contributed by atoms with Crippen molar-refractivity contribution in [3.63, 3.8) is 0 Å². The molecule has 0 saturated carbocycles. The third-order valence-electron chi connectivity index (χ3n) is 1.23. The minimum Gasteiger partial charge on any atom is -0.446 e. The summed E-state index contributed by atoms with van der Waals surface area (Å²) < 4.78 is 4.74. The standard InChI is InChI=1S/C8H7NO2/c9-6-11-8-4-2-1-3-7(8)5-10/h1-6,9H. The minimum atomic E-state index is 0.414. The van der Waals surface area contributed by atoms with Crippen LogP contribution in [0, 0.1) is 5.41 Å². The van der Waals surface area contributed by atoms with Crippen LogP contribution in [-0.4, -0.2) is 12.7 Å². The van der Waals surface area contributed by atoms with Crippen molar-refractivity contribution in [3.05, 3.63) is 29.8 Å². The van der Waals surface area contributed by atoms with Crippen LogP contribution in [0.4, 0.5) is 0 Å². The molecule has 0 aliphatic heterocycles. The third-order valence-corrected chi connectivity index (χ3v) is 1.23. The van der Waals surface area contributed by atoms with E-state index < -0.39 is 0 Å². The minimum absolute atomic E-state index is 0.414. The topological polar surface area (TPSA) is 50.1 Å². The normalized spacial score (nSPS) is 8.73. The molecule has 0 fully saturated rings. The number of ether oxygens (including phenoxy) is 1. The van der Waals surface area contributed by atoms with E-state index in [0.717, 1.165) is 6.40 Å². The van der Waals surface area contributed by atoms with Crippen LogP contribution in [0.3, 0.4) is 0 Å². The Bertz CT molecular complexity index is 271.